The molecule has 0 saturated carbocycles. The van der Waals surface area contributed by atoms with Crippen molar-refractivity contribution >= 4 is 17.6 Å². The fourth-order valence-electron chi connectivity index (χ4n) is 1.99. The van der Waals surface area contributed by atoms with Gasteiger partial charge in [0, 0.05) is 18.4 Å². The smallest absolute Gasteiger partial charge is 0.269 e. The Balaban J connectivity index is 1.79. The van der Waals surface area contributed by atoms with Crippen LogP contribution in [-0.2, 0) is 0 Å². The lowest BCUT2D eigenvalue weighted by Gasteiger charge is -2.10. The van der Waals surface area contributed by atoms with Crippen molar-refractivity contribution in [2.75, 3.05) is 18.4 Å². The summed E-state index contributed by atoms with van der Waals surface area (Å²) >= 11 is 0. The molecule has 7 nitrogen and oxygen atoms in total. The van der Waals surface area contributed by atoms with E-state index >= 15 is 0 Å². The first-order valence-corrected chi connectivity index (χ1v) is 7.50. The molecule has 0 atom stereocenters. The number of aromatic amines is 1. The molecule has 122 valence electrons. The Bertz CT molecular complexity index is 663. The van der Waals surface area contributed by atoms with Crippen LogP contribution in [0.1, 0.15) is 35.8 Å². The Morgan fingerprint density at radius 2 is 2.22 bits per heavy atom. The minimum Gasteiger partial charge on any atom is -0.370 e. The van der Waals surface area contributed by atoms with Crippen molar-refractivity contribution in [3.05, 3.63) is 47.8 Å². The summed E-state index contributed by atoms with van der Waals surface area (Å²) in [5.41, 5.74) is 8.41. The van der Waals surface area contributed by atoms with Gasteiger partial charge in [0.2, 0.25) is 0 Å². The van der Waals surface area contributed by atoms with Gasteiger partial charge in [0.05, 0.1) is 6.54 Å². The van der Waals surface area contributed by atoms with Gasteiger partial charge in [-0.15, -0.1) is 0 Å². The van der Waals surface area contributed by atoms with E-state index in [4.69, 9.17) is 5.73 Å². The van der Waals surface area contributed by atoms with E-state index in [0.717, 1.165) is 5.69 Å². The highest BCUT2D eigenvalue weighted by molar-refractivity contribution is 5.93. The lowest BCUT2D eigenvalue weighted by atomic mass is 10.0. The summed E-state index contributed by atoms with van der Waals surface area (Å²) in [5.74, 6) is 0.558. The average molecular weight is 314 g/mol. The summed E-state index contributed by atoms with van der Waals surface area (Å²) in [6.45, 7) is 5.06. The van der Waals surface area contributed by atoms with Gasteiger partial charge in [-0.05, 0) is 29.7 Å². The van der Waals surface area contributed by atoms with Gasteiger partial charge in [-0.2, -0.15) is 5.10 Å². The zero-order valence-corrected chi connectivity index (χ0v) is 13.3. The van der Waals surface area contributed by atoms with Crippen LogP contribution < -0.4 is 16.4 Å². The molecule has 7 heteroatoms. The third kappa shape index (κ3) is 5.14. The van der Waals surface area contributed by atoms with Crippen LogP contribution in [0.4, 0.5) is 5.69 Å². The first-order valence-electron chi connectivity index (χ1n) is 7.50. The SMILES string of the molecule is CC(C)c1cccc(NC(N)=NCCNC(=O)c2ccn[nH]2)c1. The van der Waals surface area contributed by atoms with Crippen LogP contribution in [0.3, 0.4) is 0 Å². The number of H-pyrrole nitrogens is 1. The van der Waals surface area contributed by atoms with Crippen LogP contribution in [0.2, 0.25) is 0 Å². The van der Waals surface area contributed by atoms with Gasteiger partial charge in [0.1, 0.15) is 5.69 Å². The zero-order valence-electron chi connectivity index (χ0n) is 13.3. The summed E-state index contributed by atoms with van der Waals surface area (Å²) < 4.78 is 0. The van der Waals surface area contributed by atoms with Crippen molar-refractivity contribution in [2.24, 2.45) is 10.7 Å². The maximum absolute atomic E-state index is 11.7. The molecule has 0 unspecified atom stereocenters. The number of benzene rings is 1. The predicted octanol–water partition coefficient (Wildman–Crippen LogP) is 1.69. The van der Waals surface area contributed by atoms with Gasteiger partial charge in [0.15, 0.2) is 5.96 Å². The molecular weight excluding hydrogens is 292 g/mol. The highest BCUT2D eigenvalue weighted by atomic mass is 16.1. The lowest BCUT2D eigenvalue weighted by Crippen LogP contribution is -2.28. The molecular formula is C16H22N6O. The van der Waals surface area contributed by atoms with Gasteiger partial charge in [-0.25, -0.2) is 0 Å². The third-order valence-corrected chi connectivity index (χ3v) is 3.25. The van der Waals surface area contributed by atoms with Crippen molar-refractivity contribution < 1.29 is 4.79 Å². The molecule has 0 fully saturated rings. The second-order valence-electron chi connectivity index (χ2n) is 5.40. The Hall–Kier alpha value is -2.83. The van der Waals surface area contributed by atoms with Crippen molar-refractivity contribution in [3.63, 3.8) is 0 Å². The number of hydrogen-bond donors (Lipinski definition) is 4. The number of amides is 1. The van der Waals surface area contributed by atoms with Crippen LogP contribution in [0.15, 0.2) is 41.5 Å². The van der Waals surface area contributed by atoms with Gasteiger partial charge < -0.3 is 16.4 Å². The van der Waals surface area contributed by atoms with Crippen LogP contribution >= 0.6 is 0 Å². The maximum atomic E-state index is 11.7. The predicted molar refractivity (Wildman–Crippen MR) is 91.6 cm³/mol. The third-order valence-electron chi connectivity index (χ3n) is 3.25. The molecule has 0 bridgehead atoms. The van der Waals surface area contributed by atoms with Crippen molar-refractivity contribution in [1.29, 1.82) is 0 Å². The first-order chi connectivity index (χ1) is 11.1. The highest BCUT2D eigenvalue weighted by Gasteiger charge is 2.05. The summed E-state index contributed by atoms with van der Waals surface area (Å²) in [7, 11) is 0. The van der Waals surface area contributed by atoms with E-state index in [1.807, 2.05) is 18.2 Å². The normalized spacial score (nSPS) is 11.5. The summed E-state index contributed by atoms with van der Waals surface area (Å²) in [4.78, 5) is 15.9. The monoisotopic (exact) mass is 314 g/mol. The number of guanidine groups is 1. The molecule has 0 aliphatic carbocycles. The topological polar surface area (TPSA) is 108 Å². The number of rotatable bonds is 6. The van der Waals surface area contributed by atoms with Gasteiger partial charge >= 0.3 is 0 Å². The molecule has 5 N–H and O–H groups in total. The van der Waals surface area contributed by atoms with Crippen molar-refractivity contribution in [1.82, 2.24) is 15.5 Å². The molecule has 2 aromatic rings. The number of carbonyl (C=O) groups is 1. The number of aromatic nitrogens is 2. The number of carbonyl (C=O) groups excluding carboxylic acids is 1. The number of aliphatic imine (C=N–C) groups is 1. The van der Waals surface area contributed by atoms with Gasteiger partial charge in [0.25, 0.3) is 5.91 Å². The fourth-order valence-corrected chi connectivity index (χ4v) is 1.99. The van der Waals surface area contributed by atoms with E-state index in [1.54, 1.807) is 6.07 Å². The summed E-state index contributed by atoms with van der Waals surface area (Å²) in [6, 6.07) is 9.65. The molecule has 0 saturated heterocycles. The summed E-state index contributed by atoms with van der Waals surface area (Å²) in [5, 5.41) is 12.1. The molecule has 0 aliphatic rings. The van der Waals surface area contributed by atoms with Gasteiger partial charge in [-0.1, -0.05) is 26.0 Å². The summed E-state index contributed by atoms with van der Waals surface area (Å²) in [6.07, 6.45) is 1.53. The van der Waals surface area contributed by atoms with Crippen LogP contribution in [-0.4, -0.2) is 35.2 Å². The van der Waals surface area contributed by atoms with Crippen LogP contribution in [0.5, 0.6) is 0 Å². The standard InChI is InChI=1S/C16H22N6O/c1-11(2)12-4-3-5-13(10-12)21-16(17)19-9-8-18-15(23)14-6-7-20-22-14/h3-7,10-11H,8-9H2,1-2H3,(H,18,23)(H,20,22)(H3,17,19,21). The van der Waals surface area contributed by atoms with E-state index in [2.05, 4.69) is 45.7 Å². The Morgan fingerprint density at radius 1 is 1.39 bits per heavy atom. The number of nitrogens with zero attached hydrogens (tertiary/aromatic N) is 2. The van der Waals surface area contributed by atoms with E-state index < -0.39 is 0 Å². The van der Waals surface area contributed by atoms with Crippen LogP contribution in [0.25, 0.3) is 0 Å². The molecule has 1 amide bonds. The quantitative estimate of drug-likeness (QED) is 0.369. The second kappa shape index (κ2) is 7.98. The molecule has 0 aliphatic heterocycles. The molecule has 1 heterocycles. The van der Waals surface area contributed by atoms with E-state index in [1.165, 1.54) is 11.8 Å². The van der Waals surface area contributed by atoms with E-state index in [9.17, 15) is 4.79 Å². The minimum absolute atomic E-state index is 0.214. The maximum Gasteiger partial charge on any atom is 0.269 e. The largest absolute Gasteiger partial charge is 0.370 e. The Morgan fingerprint density at radius 3 is 2.91 bits per heavy atom. The molecule has 23 heavy (non-hydrogen) atoms. The number of anilines is 1. The number of hydrogen-bond acceptors (Lipinski definition) is 3. The van der Waals surface area contributed by atoms with Crippen molar-refractivity contribution in [3.8, 4) is 0 Å². The van der Waals surface area contributed by atoms with E-state index in [0.29, 0.717) is 30.7 Å². The molecule has 1 aromatic carbocycles. The Labute approximate surface area is 135 Å². The van der Waals surface area contributed by atoms with E-state index in [-0.39, 0.29) is 5.91 Å². The molecule has 0 radical (unpaired) electrons. The van der Waals surface area contributed by atoms with Crippen molar-refractivity contribution in [2.45, 2.75) is 19.8 Å². The second-order valence-corrected chi connectivity index (χ2v) is 5.40. The highest BCUT2D eigenvalue weighted by Crippen LogP contribution is 2.18. The zero-order chi connectivity index (χ0) is 16.7. The Kier molecular flexibility index (Phi) is 5.74. The minimum atomic E-state index is -0.214. The average Bonchev–Trinajstić information content (AvgIpc) is 3.06. The fraction of sp³-hybridized carbons (Fsp3) is 0.312. The van der Waals surface area contributed by atoms with Gasteiger partial charge in [-0.3, -0.25) is 14.9 Å². The molecule has 2 rings (SSSR count). The molecule has 1 aromatic heterocycles. The number of nitrogens with one attached hydrogen (secondary N) is 3. The molecule has 0 spiro atoms. The lowest BCUT2D eigenvalue weighted by molar-refractivity contribution is 0.0950. The van der Waals surface area contributed by atoms with Crippen LogP contribution in [0, 0.1) is 0 Å². The first kappa shape index (κ1) is 16.5. The number of nitrogens with two attached hydrogens (primary N) is 1.